The number of carbonyl (C=O) groups excluding carboxylic acids is 3. The van der Waals surface area contributed by atoms with Crippen molar-refractivity contribution < 1.29 is 14.4 Å². The van der Waals surface area contributed by atoms with Crippen molar-refractivity contribution in [2.75, 3.05) is 49.5 Å². The van der Waals surface area contributed by atoms with Crippen molar-refractivity contribution in [3.8, 4) is 0 Å². The topological polar surface area (TPSA) is 85.0 Å². The monoisotopic (exact) mass is 457 g/mol. The maximum atomic E-state index is 13.5. The van der Waals surface area contributed by atoms with Gasteiger partial charge in [0.05, 0.1) is 5.56 Å². The van der Waals surface area contributed by atoms with Crippen molar-refractivity contribution >= 4 is 29.2 Å². The van der Waals surface area contributed by atoms with Gasteiger partial charge in [-0.25, -0.2) is 4.79 Å². The van der Waals surface area contributed by atoms with E-state index >= 15 is 0 Å². The van der Waals surface area contributed by atoms with Gasteiger partial charge in [0.1, 0.15) is 0 Å². The average molecular weight is 458 g/mol. The number of hydrogen-bond acceptors (Lipinski definition) is 4. The van der Waals surface area contributed by atoms with Crippen molar-refractivity contribution in [1.82, 2.24) is 15.1 Å². The van der Waals surface area contributed by atoms with E-state index in [2.05, 4.69) is 15.5 Å². The van der Waals surface area contributed by atoms with Crippen molar-refractivity contribution in [1.29, 1.82) is 0 Å². The number of anilines is 2. The average Bonchev–Trinajstić information content (AvgIpc) is 3.05. The quantitative estimate of drug-likeness (QED) is 0.708. The molecule has 1 aromatic carbocycles. The Balaban J connectivity index is 1.84. The number of amides is 4. The van der Waals surface area contributed by atoms with E-state index < -0.39 is 0 Å². The SMILES string of the molecule is CC(C)NC(=O)N1CCCN(c2ccc(NC(=O)C(C)C)cc2C(=O)N2CCCCC2)CC1. The van der Waals surface area contributed by atoms with E-state index in [0.29, 0.717) is 30.9 Å². The minimum atomic E-state index is -0.139. The van der Waals surface area contributed by atoms with Gasteiger partial charge in [-0.15, -0.1) is 0 Å². The largest absolute Gasteiger partial charge is 0.369 e. The first kappa shape index (κ1) is 24.9. The molecule has 0 unspecified atom stereocenters. The third kappa shape index (κ3) is 6.62. The standard InChI is InChI=1S/C25H39N5O3/c1-18(2)23(31)27-20-9-10-22(21(17-20)24(32)29-11-6-5-7-12-29)28-13-8-14-30(16-15-28)25(33)26-19(3)4/h9-10,17-19H,5-8,11-16H2,1-4H3,(H,26,33)(H,27,31). The summed E-state index contributed by atoms with van der Waals surface area (Å²) in [5.41, 5.74) is 2.14. The zero-order chi connectivity index (χ0) is 24.0. The fraction of sp³-hybridized carbons (Fsp3) is 0.640. The van der Waals surface area contributed by atoms with Crippen LogP contribution in [-0.2, 0) is 4.79 Å². The molecule has 33 heavy (non-hydrogen) atoms. The zero-order valence-corrected chi connectivity index (χ0v) is 20.5. The third-order valence-corrected chi connectivity index (χ3v) is 6.20. The lowest BCUT2D eigenvalue weighted by atomic mass is 10.1. The van der Waals surface area contributed by atoms with Crippen LogP contribution >= 0.6 is 0 Å². The van der Waals surface area contributed by atoms with Crippen LogP contribution in [0.3, 0.4) is 0 Å². The lowest BCUT2D eigenvalue weighted by Gasteiger charge is -2.31. The molecule has 1 aromatic rings. The molecule has 2 heterocycles. The Hall–Kier alpha value is -2.77. The summed E-state index contributed by atoms with van der Waals surface area (Å²) < 4.78 is 0. The molecule has 8 heteroatoms. The first-order valence-electron chi connectivity index (χ1n) is 12.3. The summed E-state index contributed by atoms with van der Waals surface area (Å²) in [7, 11) is 0. The lowest BCUT2D eigenvalue weighted by Crippen LogP contribution is -2.44. The van der Waals surface area contributed by atoms with E-state index in [1.54, 1.807) is 0 Å². The van der Waals surface area contributed by atoms with E-state index in [4.69, 9.17) is 0 Å². The fourth-order valence-corrected chi connectivity index (χ4v) is 4.31. The Morgan fingerprint density at radius 2 is 1.52 bits per heavy atom. The smallest absolute Gasteiger partial charge is 0.317 e. The molecule has 0 bridgehead atoms. The van der Waals surface area contributed by atoms with E-state index in [1.165, 1.54) is 0 Å². The summed E-state index contributed by atoms with van der Waals surface area (Å²) >= 11 is 0. The summed E-state index contributed by atoms with van der Waals surface area (Å²) in [6.45, 7) is 11.9. The zero-order valence-electron chi connectivity index (χ0n) is 20.5. The second-order valence-electron chi connectivity index (χ2n) is 9.66. The van der Waals surface area contributed by atoms with Gasteiger partial charge in [0.25, 0.3) is 5.91 Å². The van der Waals surface area contributed by atoms with Crippen LogP contribution in [0.15, 0.2) is 18.2 Å². The first-order valence-corrected chi connectivity index (χ1v) is 12.3. The highest BCUT2D eigenvalue weighted by atomic mass is 16.2. The molecule has 182 valence electrons. The molecule has 0 saturated carbocycles. The predicted octanol–water partition coefficient (Wildman–Crippen LogP) is 3.54. The van der Waals surface area contributed by atoms with Crippen LogP contribution in [0.1, 0.15) is 63.7 Å². The van der Waals surface area contributed by atoms with Crippen molar-refractivity contribution in [2.24, 2.45) is 5.92 Å². The lowest BCUT2D eigenvalue weighted by molar-refractivity contribution is -0.118. The minimum absolute atomic E-state index is 0.0176. The summed E-state index contributed by atoms with van der Waals surface area (Å²) in [5, 5.41) is 5.90. The number of carbonyl (C=O) groups is 3. The molecule has 2 saturated heterocycles. The van der Waals surface area contributed by atoms with E-state index in [-0.39, 0.29) is 29.8 Å². The van der Waals surface area contributed by atoms with Crippen molar-refractivity contribution in [3.63, 3.8) is 0 Å². The second-order valence-corrected chi connectivity index (χ2v) is 9.66. The van der Waals surface area contributed by atoms with Crippen LogP contribution in [0, 0.1) is 5.92 Å². The van der Waals surface area contributed by atoms with Gasteiger partial charge >= 0.3 is 6.03 Å². The van der Waals surface area contributed by atoms with Gasteiger partial charge < -0.3 is 25.3 Å². The second kappa shape index (κ2) is 11.4. The minimum Gasteiger partial charge on any atom is -0.369 e. The molecule has 4 amide bonds. The first-order chi connectivity index (χ1) is 15.8. The molecule has 0 spiro atoms. The molecule has 2 aliphatic rings. The highest BCUT2D eigenvalue weighted by molar-refractivity contribution is 6.02. The van der Waals surface area contributed by atoms with Gasteiger partial charge in [0, 0.05) is 62.6 Å². The van der Waals surface area contributed by atoms with Crippen LogP contribution in [0.2, 0.25) is 0 Å². The summed E-state index contributed by atoms with van der Waals surface area (Å²) in [4.78, 5) is 44.2. The van der Waals surface area contributed by atoms with Crippen LogP contribution in [0.25, 0.3) is 0 Å². The molecule has 0 aromatic heterocycles. The molecule has 2 aliphatic heterocycles. The summed E-state index contributed by atoms with van der Waals surface area (Å²) in [6.07, 6.45) is 4.03. The number of rotatable bonds is 5. The van der Waals surface area contributed by atoms with Crippen LogP contribution in [0.5, 0.6) is 0 Å². The number of hydrogen-bond donors (Lipinski definition) is 2. The number of likely N-dealkylation sites (tertiary alicyclic amines) is 1. The highest BCUT2D eigenvalue weighted by Crippen LogP contribution is 2.28. The molecule has 3 rings (SSSR count). The molecule has 2 fully saturated rings. The highest BCUT2D eigenvalue weighted by Gasteiger charge is 2.26. The number of nitrogens with one attached hydrogen (secondary N) is 2. The Labute approximate surface area is 197 Å². The molecule has 0 atom stereocenters. The number of nitrogens with zero attached hydrogens (tertiary/aromatic N) is 3. The van der Waals surface area contributed by atoms with Crippen molar-refractivity contribution in [2.45, 2.75) is 59.4 Å². The summed E-state index contributed by atoms with van der Waals surface area (Å²) in [6, 6.07) is 5.69. The van der Waals surface area contributed by atoms with Crippen LogP contribution < -0.4 is 15.5 Å². The summed E-state index contributed by atoms with van der Waals surface area (Å²) in [5.74, 6) is -0.191. The van der Waals surface area contributed by atoms with E-state index in [1.807, 2.05) is 55.7 Å². The Morgan fingerprint density at radius 1 is 0.818 bits per heavy atom. The Kier molecular flexibility index (Phi) is 8.58. The number of benzene rings is 1. The van der Waals surface area contributed by atoms with Crippen LogP contribution in [0.4, 0.5) is 16.2 Å². The molecular weight excluding hydrogens is 418 g/mol. The molecular formula is C25H39N5O3. The van der Waals surface area contributed by atoms with Gasteiger partial charge in [0.2, 0.25) is 5.91 Å². The molecule has 8 nitrogen and oxygen atoms in total. The molecule has 0 aliphatic carbocycles. The predicted molar refractivity (Wildman–Crippen MR) is 132 cm³/mol. The van der Waals surface area contributed by atoms with Crippen LogP contribution in [-0.4, -0.2) is 73.0 Å². The fourth-order valence-electron chi connectivity index (χ4n) is 4.31. The van der Waals surface area contributed by atoms with Gasteiger partial charge in [-0.1, -0.05) is 13.8 Å². The molecule has 2 N–H and O–H groups in total. The maximum absolute atomic E-state index is 13.5. The van der Waals surface area contributed by atoms with E-state index in [9.17, 15) is 14.4 Å². The number of piperidine rings is 1. The maximum Gasteiger partial charge on any atom is 0.317 e. The van der Waals surface area contributed by atoms with E-state index in [0.717, 1.165) is 51.0 Å². The normalized spacial score (nSPS) is 17.2. The van der Waals surface area contributed by atoms with Gasteiger partial charge in [-0.05, 0) is 57.7 Å². The van der Waals surface area contributed by atoms with Gasteiger partial charge in [0.15, 0.2) is 0 Å². The molecule has 0 radical (unpaired) electrons. The number of urea groups is 1. The Bertz CT molecular complexity index is 848. The Morgan fingerprint density at radius 3 is 2.18 bits per heavy atom. The van der Waals surface area contributed by atoms with Gasteiger partial charge in [-0.2, -0.15) is 0 Å². The van der Waals surface area contributed by atoms with Crippen molar-refractivity contribution in [3.05, 3.63) is 23.8 Å². The van der Waals surface area contributed by atoms with Gasteiger partial charge in [-0.3, -0.25) is 9.59 Å². The third-order valence-electron chi connectivity index (χ3n) is 6.20.